The number of ether oxygens (including phenoxy) is 1. The topological polar surface area (TPSA) is 38.7 Å². The van der Waals surface area contributed by atoms with Crippen molar-refractivity contribution >= 4 is 11.7 Å². The van der Waals surface area contributed by atoms with Gasteiger partial charge in [-0.05, 0) is 25.0 Å². The molecule has 0 bridgehead atoms. The number of carbonyl (C=O) groups is 1. The predicted molar refractivity (Wildman–Crippen MR) is 62.6 cm³/mol. The first kappa shape index (κ1) is 10.9. The molecule has 0 fully saturated rings. The SMILES string of the molecule is CCOC(=O)[C@@H]1C(C)=NCc2ccccc21. The van der Waals surface area contributed by atoms with Crippen molar-refractivity contribution in [1.29, 1.82) is 0 Å². The van der Waals surface area contributed by atoms with Crippen molar-refractivity contribution in [3.8, 4) is 0 Å². The average molecular weight is 217 g/mol. The molecule has 1 atom stereocenters. The smallest absolute Gasteiger partial charge is 0.319 e. The number of hydrogen-bond donors (Lipinski definition) is 0. The van der Waals surface area contributed by atoms with Crippen molar-refractivity contribution in [2.24, 2.45) is 4.99 Å². The molecule has 1 aromatic carbocycles. The molecule has 0 N–H and O–H groups in total. The quantitative estimate of drug-likeness (QED) is 0.713. The third kappa shape index (κ3) is 1.85. The Kier molecular flexibility index (Phi) is 3.04. The number of hydrogen-bond acceptors (Lipinski definition) is 3. The average Bonchev–Trinajstić information content (AvgIpc) is 2.29. The summed E-state index contributed by atoms with van der Waals surface area (Å²) in [6.45, 7) is 4.78. The first-order chi connectivity index (χ1) is 7.74. The number of rotatable bonds is 2. The Morgan fingerprint density at radius 1 is 1.50 bits per heavy atom. The minimum Gasteiger partial charge on any atom is -0.465 e. The van der Waals surface area contributed by atoms with Crippen LogP contribution < -0.4 is 0 Å². The second kappa shape index (κ2) is 4.47. The van der Waals surface area contributed by atoms with Gasteiger partial charge in [0, 0.05) is 5.71 Å². The minimum absolute atomic E-state index is 0.198. The van der Waals surface area contributed by atoms with E-state index in [1.807, 2.05) is 38.1 Å². The van der Waals surface area contributed by atoms with Gasteiger partial charge in [-0.3, -0.25) is 9.79 Å². The number of nitrogens with zero attached hydrogens (tertiary/aromatic N) is 1. The number of benzene rings is 1. The molecule has 1 heterocycles. The van der Waals surface area contributed by atoms with Crippen LogP contribution in [0.1, 0.15) is 30.9 Å². The van der Waals surface area contributed by atoms with E-state index in [2.05, 4.69) is 4.99 Å². The van der Waals surface area contributed by atoms with Crippen LogP contribution in [0.5, 0.6) is 0 Å². The highest BCUT2D eigenvalue weighted by Gasteiger charge is 2.29. The maximum absolute atomic E-state index is 11.9. The molecule has 1 aliphatic rings. The van der Waals surface area contributed by atoms with Gasteiger partial charge in [-0.1, -0.05) is 24.3 Å². The predicted octanol–water partition coefficient (Wildman–Crippen LogP) is 2.31. The molecular formula is C13H15NO2. The monoisotopic (exact) mass is 217 g/mol. The van der Waals surface area contributed by atoms with E-state index in [0.29, 0.717) is 13.2 Å². The lowest BCUT2D eigenvalue weighted by molar-refractivity contribution is -0.143. The van der Waals surface area contributed by atoms with E-state index >= 15 is 0 Å². The first-order valence-electron chi connectivity index (χ1n) is 5.49. The number of aliphatic imine (C=N–C) groups is 1. The van der Waals surface area contributed by atoms with Gasteiger partial charge in [0.05, 0.1) is 13.2 Å². The molecule has 3 nitrogen and oxygen atoms in total. The van der Waals surface area contributed by atoms with E-state index in [1.54, 1.807) is 0 Å². The fourth-order valence-corrected chi connectivity index (χ4v) is 2.01. The molecule has 1 aromatic rings. The van der Waals surface area contributed by atoms with Crippen LogP contribution in [-0.2, 0) is 16.1 Å². The number of fused-ring (bicyclic) bond motifs is 1. The zero-order valence-electron chi connectivity index (χ0n) is 9.56. The van der Waals surface area contributed by atoms with E-state index in [4.69, 9.17) is 4.74 Å². The van der Waals surface area contributed by atoms with E-state index in [0.717, 1.165) is 16.8 Å². The summed E-state index contributed by atoms with van der Waals surface area (Å²) in [7, 11) is 0. The van der Waals surface area contributed by atoms with Gasteiger partial charge >= 0.3 is 5.97 Å². The van der Waals surface area contributed by atoms with Gasteiger partial charge in [-0.15, -0.1) is 0 Å². The van der Waals surface area contributed by atoms with Crippen molar-refractivity contribution in [3.05, 3.63) is 35.4 Å². The molecule has 16 heavy (non-hydrogen) atoms. The van der Waals surface area contributed by atoms with E-state index in [-0.39, 0.29) is 11.9 Å². The third-order valence-electron chi connectivity index (χ3n) is 2.80. The highest BCUT2D eigenvalue weighted by molar-refractivity contribution is 6.07. The summed E-state index contributed by atoms with van der Waals surface area (Å²) in [4.78, 5) is 16.2. The Balaban J connectivity index is 2.38. The Morgan fingerprint density at radius 3 is 3.00 bits per heavy atom. The molecule has 0 spiro atoms. The summed E-state index contributed by atoms with van der Waals surface area (Å²) in [5.74, 6) is -0.513. The van der Waals surface area contributed by atoms with Crippen molar-refractivity contribution in [2.75, 3.05) is 6.61 Å². The molecule has 2 rings (SSSR count). The molecular weight excluding hydrogens is 202 g/mol. The lowest BCUT2D eigenvalue weighted by Gasteiger charge is -2.22. The number of esters is 1. The van der Waals surface area contributed by atoms with Crippen LogP contribution in [-0.4, -0.2) is 18.3 Å². The Morgan fingerprint density at radius 2 is 2.25 bits per heavy atom. The molecule has 0 radical (unpaired) electrons. The van der Waals surface area contributed by atoms with Crippen LogP contribution in [0.25, 0.3) is 0 Å². The minimum atomic E-state index is -0.315. The zero-order chi connectivity index (χ0) is 11.5. The first-order valence-corrected chi connectivity index (χ1v) is 5.49. The molecule has 0 saturated heterocycles. The highest BCUT2D eigenvalue weighted by atomic mass is 16.5. The van der Waals surface area contributed by atoms with Gasteiger partial charge in [-0.25, -0.2) is 0 Å². The van der Waals surface area contributed by atoms with Gasteiger partial charge < -0.3 is 4.74 Å². The Hall–Kier alpha value is -1.64. The van der Waals surface area contributed by atoms with Crippen molar-refractivity contribution in [1.82, 2.24) is 0 Å². The molecule has 0 saturated carbocycles. The summed E-state index contributed by atoms with van der Waals surface area (Å²) < 4.78 is 5.09. The molecule has 84 valence electrons. The molecule has 0 amide bonds. The van der Waals surface area contributed by atoms with Crippen LogP contribution in [0, 0.1) is 0 Å². The van der Waals surface area contributed by atoms with Gasteiger partial charge in [0.1, 0.15) is 5.92 Å². The van der Waals surface area contributed by atoms with Gasteiger partial charge in [0.25, 0.3) is 0 Å². The lowest BCUT2D eigenvalue weighted by Crippen LogP contribution is -2.26. The second-order valence-electron chi connectivity index (χ2n) is 3.84. The van der Waals surface area contributed by atoms with Gasteiger partial charge in [0.2, 0.25) is 0 Å². The Bertz CT molecular complexity index is 437. The maximum Gasteiger partial charge on any atom is 0.319 e. The lowest BCUT2D eigenvalue weighted by atomic mass is 9.88. The maximum atomic E-state index is 11.9. The molecule has 0 unspecified atom stereocenters. The third-order valence-corrected chi connectivity index (χ3v) is 2.80. The standard InChI is InChI=1S/C13H15NO2/c1-3-16-13(15)12-9(2)14-8-10-6-4-5-7-11(10)12/h4-7,12H,3,8H2,1-2H3/t12-/m1/s1. The normalized spacial score (nSPS) is 18.6. The van der Waals surface area contributed by atoms with Crippen molar-refractivity contribution in [3.63, 3.8) is 0 Å². The molecule has 1 aliphatic heterocycles. The highest BCUT2D eigenvalue weighted by Crippen LogP contribution is 2.28. The van der Waals surface area contributed by atoms with Gasteiger partial charge in [-0.2, -0.15) is 0 Å². The fourth-order valence-electron chi connectivity index (χ4n) is 2.01. The van der Waals surface area contributed by atoms with E-state index in [1.165, 1.54) is 0 Å². The molecule has 0 aromatic heterocycles. The van der Waals surface area contributed by atoms with E-state index in [9.17, 15) is 4.79 Å². The second-order valence-corrected chi connectivity index (χ2v) is 3.84. The summed E-state index contributed by atoms with van der Waals surface area (Å²) in [6.07, 6.45) is 0. The van der Waals surface area contributed by atoms with Crippen molar-refractivity contribution in [2.45, 2.75) is 26.3 Å². The fraction of sp³-hybridized carbons (Fsp3) is 0.385. The largest absolute Gasteiger partial charge is 0.465 e. The van der Waals surface area contributed by atoms with Crippen LogP contribution in [0.3, 0.4) is 0 Å². The molecule has 3 heteroatoms. The summed E-state index contributed by atoms with van der Waals surface area (Å²) in [5.41, 5.74) is 3.00. The van der Waals surface area contributed by atoms with Crippen molar-refractivity contribution < 1.29 is 9.53 Å². The van der Waals surface area contributed by atoms with Crippen LogP contribution >= 0.6 is 0 Å². The zero-order valence-corrected chi connectivity index (χ0v) is 9.56. The Labute approximate surface area is 95.2 Å². The summed E-state index contributed by atoms with van der Waals surface area (Å²) in [5, 5.41) is 0. The van der Waals surface area contributed by atoms with Gasteiger partial charge in [0.15, 0.2) is 0 Å². The van der Waals surface area contributed by atoms with Crippen LogP contribution in [0.2, 0.25) is 0 Å². The number of carbonyl (C=O) groups excluding carboxylic acids is 1. The van der Waals surface area contributed by atoms with Crippen LogP contribution in [0.4, 0.5) is 0 Å². The summed E-state index contributed by atoms with van der Waals surface area (Å²) in [6, 6.07) is 7.91. The van der Waals surface area contributed by atoms with Crippen LogP contribution in [0.15, 0.2) is 29.3 Å². The summed E-state index contributed by atoms with van der Waals surface area (Å²) >= 11 is 0. The molecule has 0 aliphatic carbocycles. The van der Waals surface area contributed by atoms with E-state index < -0.39 is 0 Å².